The summed E-state index contributed by atoms with van der Waals surface area (Å²) >= 11 is 0. The lowest BCUT2D eigenvalue weighted by Gasteiger charge is -2.42. The molecule has 1 atom stereocenters. The molecule has 5 rings (SSSR count). The molecule has 0 spiro atoms. The minimum absolute atomic E-state index is 0.0141. The van der Waals surface area contributed by atoms with Crippen molar-refractivity contribution in [2.45, 2.75) is 36.9 Å². The zero-order valence-corrected chi connectivity index (χ0v) is 23.5. The Kier molecular flexibility index (Phi) is 8.25. The van der Waals surface area contributed by atoms with Crippen molar-refractivity contribution in [3.8, 4) is 23.2 Å². The highest BCUT2D eigenvalue weighted by Crippen LogP contribution is 2.41. The maximum atomic E-state index is 15.7. The SMILES string of the molecule is COc1ncc(F)cc1-c1ncc(C2(C(=O)N[C@H]3CCN(C)C3)CCN(c3ccc(C(F)(F)F)cc3C#N)CC2)cc1F. The second-order valence-electron chi connectivity index (χ2n) is 10.9. The lowest BCUT2D eigenvalue weighted by molar-refractivity contribution is -0.137. The van der Waals surface area contributed by atoms with Crippen LogP contribution in [0, 0.1) is 23.0 Å². The first kappa shape index (κ1) is 30.2. The molecule has 2 fully saturated rings. The largest absolute Gasteiger partial charge is 0.481 e. The molecule has 1 aromatic carbocycles. The number of nitrogens with one attached hydrogen (secondary N) is 1. The Morgan fingerprint density at radius 2 is 1.86 bits per heavy atom. The number of carbonyl (C=O) groups excluding carboxylic acids is 1. The average Bonchev–Trinajstić information content (AvgIpc) is 3.40. The molecule has 0 unspecified atom stereocenters. The summed E-state index contributed by atoms with van der Waals surface area (Å²) in [5.41, 5.74) is -1.81. The van der Waals surface area contributed by atoms with E-state index < -0.39 is 28.8 Å². The van der Waals surface area contributed by atoms with Crippen molar-refractivity contribution in [3.05, 3.63) is 71.1 Å². The molecular weight excluding hydrogens is 571 g/mol. The first-order valence-electron chi connectivity index (χ1n) is 13.7. The standard InChI is InChI=1S/C30H29F5N6O2/c1-40-8-5-22(17-40)39-28(42)29(20-12-24(32)26(37-15-20)23-13-21(31)16-38-27(23)43-2)6-9-41(10-7-29)25-4-3-19(30(33,34)35)11-18(25)14-36/h3-4,11-13,15-16,22H,5-10,17H2,1-2H3,(H,39,42)/t22-/m0/s1. The van der Waals surface area contributed by atoms with Crippen molar-refractivity contribution < 1.29 is 31.5 Å². The van der Waals surface area contributed by atoms with Crippen LogP contribution in [0.15, 0.2) is 42.7 Å². The number of hydrogen-bond donors (Lipinski definition) is 1. The zero-order valence-electron chi connectivity index (χ0n) is 23.5. The van der Waals surface area contributed by atoms with Crippen molar-refractivity contribution in [1.29, 1.82) is 5.26 Å². The molecule has 1 amide bonds. The van der Waals surface area contributed by atoms with Gasteiger partial charge in [0, 0.05) is 31.9 Å². The number of halogens is 5. The third-order valence-electron chi connectivity index (χ3n) is 8.22. The van der Waals surface area contributed by atoms with Gasteiger partial charge >= 0.3 is 6.18 Å². The molecule has 2 aliphatic heterocycles. The summed E-state index contributed by atoms with van der Waals surface area (Å²) in [6, 6.07) is 7.02. The molecule has 2 aromatic heterocycles. The Balaban J connectivity index is 1.48. The van der Waals surface area contributed by atoms with Gasteiger partial charge in [-0.25, -0.2) is 13.8 Å². The second kappa shape index (κ2) is 11.8. The molecule has 2 saturated heterocycles. The first-order valence-corrected chi connectivity index (χ1v) is 13.7. The van der Waals surface area contributed by atoms with Gasteiger partial charge in [-0.2, -0.15) is 18.4 Å². The number of ether oxygens (including phenoxy) is 1. The molecule has 2 aliphatic rings. The number of pyridine rings is 2. The number of rotatable bonds is 6. The van der Waals surface area contributed by atoms with E-state index in [0.29, 0.717) is 17.8 Å². The van der Waals surface area contributed by atoms with E-state index in [0.717, 1.165) is 37.4 Å². The van der Waals surface area contributed by atoms with Crippen molar-refractivity contribution >= 4 is 11.6 Å². The van der Waals surface area contributed by atoms with E-state index in [1.54, 1.807) is 4.90 Å². The van der Waals surface area contributed by atoms with Crippen LogP contribution in [0.3, 0.4) is 0 Å². The number of alkyl halides is 3. The van der Waals surface area contributed by atoms with Gasteiger partial charge in [0.2, 0.25) is 11.8 Å². The normalized spacial score (nSPS) is 18.7. The van der Waals surface area contributed by atoms with E-state index in [1.807, 2.05) is 13.1 Å². The fourth-order valence-corrected chi connectivity index (χ4v) is 5.89. The molecule has 1 N–H and O–H groups in total. The van der Waals surface area contributed by atoms with Gasteiger partial charge in [-0.05, 0) is 68.8 Å². The van der Waals surface area contributed by atoms with Gasteiger partial charge in [-0.1, -0.05) is 0 Å². The lowest BCUT2D eigenvalue weighted by Crippen LogP contribution is -2.54. The highest BCUT2D eigenvalue weighted by molar-refractivity contribution is 5.89. The number of nitrogens with zero attached hydrogens (tertiary/aromatic N) is 5. The molecule has 0 saturated carbocycles. The zero-order chi connectivity index (χ0) is 30.9. The Labute approximate surface area is 245 Å². The molecule has 0 bridgehead atoms. The molecular formula is C30H29F5N6O2. The van der Waals surface area contributed by atoms with Crippen LogP contribution in [-0.4, -0.2) is 67.2 Å². The maximum absolute atomic E-state index is 15.7. The van der Waals surface area contributed by atoms with Crippen LogP contribution < -0.4 is 15.0 Å². The first-order chi connectivity index (χ1) is 20.4. The van der Waals surface area contributed by atoms with E-state index in [-0.39, 0.29) is 60.6 Å². The number of carbonyl (C=O) groups is 1. The summed E-state index contributed by atoms with van der Waals surface area (Å²) in [7, 11) is 3.27. The van der Waals surface area contributed by atoms with Gasteiger partial charge in [0.1, 0.15) is 23.4 Å². The molecule has 8 nitrogen and oxygen atoms in total. The van der Waals surface area contributed by atoms with E-state index in [4.69, 9.17) is 4.74 Å². The predicted octanol–water partition coefficient (Wildman–Crippen LogP) is 4.68. The number of hydrogen-bond acceptors (Lipinski definition) is 7. The highest BCUT2D eigenvalue weighted by atomic mass is 19.4. The van der Waals surface area contributed by atoms with Gasteiger partial charge in [0.25, 0.3) is 0 Å². The summed E-state index contributed by atoms with van der Waals surface area (Å²) in [5.74, 6) is -1.82. The van der Waals surface area contributed by atoms with Crippen LogP contribution in [0.5, 0.6) is 5.88 Å². The number of amides is 1. The Morgan fingerprint density at radius 1 is 1.12 bits per heavy atom. The number of methoxy groups -OCH3 is 1. The molecule has 0 aliphatic carbocycles. The fourth-order valence-electron chi connectivity index (χ4n) is 5.89. The minimum Gasteiger partial charge on any atom is -0.481 e. The average molecular weight is 601 g/mol. The molecule has 4 heterocycles. The predicted molar refractivity (Wildman–Crippen MR) is 147 cm³/mol. The summed E-state index contributed by atoms with van der Waals surface area (Å²) in [6.07, 6.45) is -1.16. The topological polar surface area (TPSA) is 94.4 Å². The van der Waals surface area contributed by atoms with E-state index >= 15 is 4.39 Å². The smallest absolute Gasteiger partial charge is 0.416 e. The Bertz CT molecular complexity index is 1570. The van der Waals surface area contributed by atoms with Crippen molar-refractivity contribution in [3.63, 3.8) is 0 Å². The van der Waals surface area contributed by atoms with Gasteiger partial charge in [0.05, 0.1) is 41.1 Å². The van der Waals surface area contributed by atoms with E-state index in [9.17, 15) is 27.6 Å². The number of benzene rings is 1. The van der Waals surface area contributed by atoms with Crippen LogP contribution in [-0.2, 0) is 16.4 Å². The van der Waals surface area contributed by atoms with Crippen LogP contribution in [0.2, 0.25) is 0 Å². The second-order valence-corrected chi connectivity index (χ2v) is 10.9. The van der Waals surface area contributed by atoms with Gasteiger partial charge < -0.3 is 19.9 Å². The molecule has 0 radical (unpaired) electrons. The monoisotopic (exact) mass is 600 g/mol. The highest BCUT2D eigenvalue weighted by Gasteiger charge is 2.45. The summed E-state index contributed by atoms with van der Waals surface area (Å²) in [6.45, 7) is 1.89. The van der Waals surface area contributed by atoms with Crippen molar-refractivity contribution in [2.75, 3.05) is 45.2 Å². The number of nitriles is 1. The third kappa shape index (κ3) is 5.97. The summed E-state index contributed by atoms with van der Waals surface area (Å²) < 4.78 is 74.5. The third-order valence-corrected chi connectivity index (χ3v) is 8.22. The van der Waals surface area contributed by atoms with Gasteiger partial charge in [0.15, 0.2) is 0 Å². The van der Waals surface area contributed by atoms with Crippen molar-refractivity contribution in [2.24, 2.45) is 0 Å². The van der Waals surface area contributed by atoms with Crippen LogP contribution in [0.4, 0.5) is 27.6 Å². The van der Waals surface area contributed by atoms with Crippen LogP contribution in [0.25, 0.3) is 11.3 Å². The molecule has 13 heteroatoms. The number of aromatic nitrogens is 2. The lowest BCUT2D eigenvalue weighted by atomic mass is 9.72. The molecule has 226 valence electrons. The van der Waals surface area contributed by atoms with E-state index in [2.05, 4.69) is 20.2 Å². The quantitative estimate of drug-likeness (QED) is 0.411. The number of likely N-dealkylation sites (N-methyl/N-ethyl adjacent to an activating group) is 1. The summed E-state index contributed by atoms with van der Waals surface area (Å²) in [5, 5.41) is 12.7. The molecule has 43 heavy (non-hydrogen) atoms. The number of piperidine rings is 1. The fraction of sp³-hybridized carbons (Fsp3) is 0.400. The molecule has 3 aromatic rings. The minimum atomic E-state index is -4.59. The van der Waals surface area contributed by atoms with Gasteiger partial charge in [-0.15, -0.1) is 0 Å². The maximum Gasteiger partial charge on any atom is 0.416 e. The van der Waals surface area contributed by atoms with Crippen LogP contribution >= 0.6 is 0 Å². The Hall–Kier alpha value is -4.31. The number of anilines is 1. The van der Waals surface area contributed by atoms with Crippen molar-refractivity contribution in [1.82, 2.24) is 20.2 Å². The van der Waals surface area contributed by atoms with E-state index in [1.165, 1.54) is 25.4 Å². The van der Waals surface area contributed by atoms with Crippen LogP contribution in [0.1, 0.15) is 36.0 Å². The van der Waals surface area contributed by atoms with Gasteiger partial charge in [-0.3, -0.25) is 9.78 Å². The Morgan fingerprint density at radius 3 is 2.47 bits per heavy atom. The summed E-state index contributed by atoms with van der Waals surface area (Å²) in [4.78, 5) is 25.9. The number of likely N-dealkylation sites (tertiary alicyclic amines) is 1.